The van der Waals surface area contributed by atoms with E-state index in [4.69, 9.17) is 5.73 Å². The molecule has 2 aliphatic heterocycles. The van der Waals surface area contributed by atoms with Crippen LogP contribution in [0.3, 0.4) is 0 Å². The molecule has 6 amide bonds. The molecule has 2 aliphatic rings. The van der Waals surface area contributed by atoms with Gasteiger partial charge < -0.3 is 56.5 Å². The second-order valence-corrected chi connectivity index (χ2v) is 15.7. The van der Waals surface area contributed by atoms with E-state index in [1.807, 2.05) is 0 Å². The van der Waals surface area contributed by atoms with Crippen molar-refractivity contribution in [2.24, 2.45) is 23.5 Å². The molecule has 0 aromatic heterocycles. The van der Waals surface area contributed by atoms with Gasteiger partial charge in [0, 0.05) is 13.1 Å². The van der Waals surface area contributed by atoms with Gasteiger partial charge in [-0.1, -0.05) is 48.0 Å². The van der Waals surface area contributed by atoms with Crippen molar-refractivity contribution in [2.75, 3.05) is 26.3 Å². The molecule has 0 aromatic rings. The highest BCUT2D eigenvalue weighted by Gasteiger charge is 2.42. The van der Waals surface area contributed by atoms with Gasteiger partial charge in [-0.3, -0.25) is 33.3 Å². The summed E-state index contributed by atoms with van der Waals surface area (Å²) in [7, 11) is -5.15. The molecule has 2 rings (SSSR count). The molecule has 0 radical (unpaired) electrons. The average molecular weight is 776 g/mol. The Morgan fingerprint density at radius 1 is 0.849 bits per heavy atom. The quantitative estimate of drug-likeness (QED) is 0.0506. The third-order valence-corrected chi connectivity index (χ3v) is 9.98. The van der Waals surface area contributed by atoms with Crippen molar-refractivity contribution in [2.45, 2.75) is 122 Å². The Hall–Kier alpha value is -3.48. The Labute approximate surface area is 310 Å². The summed E-state index contributed by atoms with van der Waals surface area (Å²) >= 11 is 0. The maximum absolute atomic E-state index is 14.1. The van der Waals surface area contributed by atoms with Crippen molar-refractivity contribution in [3.8, 4) is 0 Å². The molecule has 19 nitrogen and oxygen atoms in total. The van der Waals surface area contributed by atoms with Gasteiger partial charge in [-0.2, -0.15) is 0 Å². The first kappa shape index (κ1) is 45.7. The Morgan fingerprint density at radius 2 is 1.45 bits per heavy atom. The smallest absolute Gasteiger partial charge is 0.394 e. The van der Waals surface area contributed by atoms with Crippen molar-refractivity contribution >= 4 is 49.6 Å². The summed E-state index contributed by atoms with van der Waals surface area (Å²) in [4.78, 5) is 114. The largest absolute Gasteiger partial charge is 0.469 e. The van der Waals surface area contributed by atoms with E-state index in [0.29, 0.717) is 32.2 Å². The number of aldehydes is 1. The van der Waals surface area contributed by atoms with Crippen molar-refractivity contribution in [1.82, 2.24) is 31.1 Å². The van der Waals surface area contributed by atoms with Crippen LogP contribution in [0.25, 0.3) is 0 Å². The standard InChI is InChI=1S/C33H58N7O12P/c1-7-20(6)27(38-28(43)22(34)16-42)31(46)36-24(17-52-53(49,50)51)29(44)35-23(14-18(2)3)32(47)40-13-9-11-25(40)30(45)37-26(19(4)5)33(48)39-12-8-10-21(39)15-41/h15,18-27,42H,7-14,16-17,34H2,1-6H3,(H,35,44)(H,36,46)(H,37,45)(H,38,43)(H2,49,50,51)/t20-,21-,22-,23-,24-,25-,26-,27-/m0/s1. The number of phosphoric acid groups is 1. The normalized spacial score (nSPS) is 21.0. The molecule has 0 bridgehead atoms. The van der Waals surface area contributed by atoms with E-state index in [-0.39, 0.29) is 37.1 Å². The highest BCUT2D eigenvalue weighted by Crippen LogP contribution is 2.35. The predicted molar refractivity (Wildman–Crippen MR) is 190 cm³/mol. The summed E-state index contributed by atoms with van der Waals surface area (Å²) in [6.07, 6.45) is 3.09. The van der Waals surface area contributed by atoms with E-state index < -0.39 is 98.8 Å². The number of phosphoric ester groups is 1. The molecule has 2 saturated heterocycles. The molecule has 0 saturated carbocycles. The lowest BCUT2D eigenvalue weighted by Gasteiger charge is -2.33. The Balaban J connectivity index is 2.32. The number of carbonyl (C=O) groups excluding carboxylic acids is 7. The van der Waals surface area contributed by atoms with Crippen LogP contribution in [0.1, 0.15) is 80.1 Å². The van der Waals surface area contributed by atoms with Gasteiger partial charge in [0.2, 0.25) is 35.4 Å². The predicted octanol–water partition coefficient (Wildman–Crippen LogP) is -1.72. The van der Waals surface area contributed by atoms with Gasteiger partial charge in [0.25, 0.3) is 0 Å². The van der Waals surface area contributed by atoms with E-state index in [0.717, 1.165) is 6.29 Å². The highest BCUT2D eigenvalue weighted by atomic mass is 31.2. The minimum absolute atomic E-state index is 0.0785. The van der Waals surface area contributed by atoms with Crippen LogP contribution < -0.4 is 27.0 Å². The maximum atomic E-state index is 14.1. The molecule has 0 aliphatic carbocycles. The van der Waals surface area contributed by atoms with Crippen LogP contribution in [0.2, 0.25) is 0 Å². The van der Waals surface area contributed by atoms with E-state index >= 15 is 0 Å². The SMILES string of the molecule is CC[C@H](C)[C@H](NC(=O)[C@@H](N)CO)C(=O)N[C@@H](COP(=O)(O)O)C(=O)N[C@@H](CC(C)C)C(=O)N1CCC[C@H]1C(=O)N[C@H](C(=O)N1CCC[C@H]1C=O)C(C)C. The summed E-state index contributed by atoms with van der Waals surface area (Å²) in [6.45, 7) is 9.29. The first-order chi connectivity index (χ1) is 24.8. The van der Waals surface area contributed by atoms with Crippen molar-refractivity contribution in [3.05, 3.63) is 0 Å². The number of carbonyl (C=O) groups is 7. The zero-order valence-electron chi connectivity index (χ0n) is 31.4. The fourth-order valence-electron chi connectivity index (χ4n) is 6.28. The monoisotopic (exact) mass is 775 g/mol. The van der Waals surface area contributed by atoms with E-state index in [2.05, 4.69) is 25.8 Å². The van der Waals surface area contributed by atoms with Crippen LogP contribution in [-0.4, -0.2) is 135 Å². The second-order valence-electron chi connectivity index (χ2n) is 14.5. The molecule has 20 heteroatoms. The molecule has 0 aromatic carbocycles. The summed E-state index contributed by atoms with van der Waals surface area (Å²) in [5.41, 5.74) is 5.59. The van der Waals surface area contributed by atoms with E-state index in [9.17, 15) is 53.0 Å². The number of hydrogen-bond donors (Lipinski definition) is 8. The molecule has 0 spiro atoms. The minimum Gasteiger partial charge on any atom is -0.394 e. The highest BCUT2D eigenvalue weighted by molar-refractivity contribution is 7.46. The molecule has 8 atom stereocenters. The fourth-order valence-corrected chi connectivity index (χ4v) is 6.62. The number of amides is 6. The third-order valence-electron chi connectivity index (χ3n) is 9.50. The van der Waals surface area contributed by atoms with Crippen LogP contribution in [-0.2, 0) is 42.7 Å². The number of nitrogens with one attached hydrogen (secondary N) is 4. The number of aliphatic hydroxyl groups excluding tert-OH is 1. The van der Waals surface area contributed by atoms with Crippen LogP contribution >= 0.6 is 7.82 Å². The molecule has 9 N–H and O–H groups in total. The number of hydrogen-bond acceptors (Lipinski definition) is 11. The summed E-state index contributed by atoms with van der Waals surface area (Å²) < 4.78 is 16.2. The van der Waals surface area contributed by atoms with Crippen LogP contribution in [0, 0.1) is 17.8 Å². The third kappa shape index (κ3) is 13.4. The van der Waals surface area contributed by atoms with E-state index in [1.165, 1.54) is 9.80 Å². The molecular weight excluding hydrogens is 717 g/mol. The summed E-state index contributed by atoms with van der Waals surface area (Å²) in [5, 5.41) is 19.4. The van der Waals surface area contributed by atoms with Crippen LogP contribution in [0.5, 0.6) is 0 Å². The molecule has 53 heavy (non-hydrogen) atoms. The van der Waals surface area contributed by atoms with E-state index in [1.54, 1.807) is 41.5 Å². The lowest BCUT2D eigenvalue weighted by molar-refractivity contribution is -0.144. The zero-order valence-corrected chi connectivity index (χ0v) is 32.3. The number of likely N-dealkylation sites (tertiary alicyclic amines) is 2. The first-order valence-electron chi connectivity index (χ1n) is 18.1. The van der Waals surface area contributed by atoms with Gasteiger partial charge in [0.15, 0.2) is 0 Å². The molecule has 2 fully saturated rings. The van der Waals surface area contributed by atoms with Crippen molar-refractivity contribution in [1.29, 1.82) is 0 Å². The number of nitrogens with two attached hydrogens (primary N) is 1. The van der Waals surface area contributed by atoms with Gasteiger partial charge in [-0.15, -0.1) is 0 Å². The topological polar surface area (TPSA) is 287 Å². The van der Waals surface area contributed by atoms with Gasteiger partial charge in [-0.05, 0) is 49.9 Å². The number of aliphatic hydroxyl groups is 1. The van der Waals surface area contributed by atoms with Gasteiger partial charge in [-0.25, -0.2) is 4.57 Å². The van der Waals surface area contributed by atoms with Gasteiger partial charge in [0.05, 0.1) is 19.3 Å². The lowest BCUT2D eigenvalue weighted by Crippen LogP contribution is -2.61. The lowest BCUT2D eigenvalue weighted by atomic mass is 9.97. The minimum atomic E-state index is -5.15. The average Bonchev–Trinajstić information content (AvgIpc) is 3.79. The van der Waals surface area contributed by atoms with Crippen LogP contribution in [0.4, 0.5) is 0 Å². The van der Waals surface area contributed by atoms with Gasteiger partial charge >= 0.3 is 7.82 Å². The Bertz CT molecular complexity index is 1360. The fraction of sp³-hybridized carbons (Fsp3) is 0.788. The number of nitrogens with zero attached hydrogens (tertiary/aromatic N) is 2. The second kappa shape index (κ2) is 20.8. The van der Waals surface area contributed by atoms with Crippen LogP contribution in [0.15, 0.2) is 0 Å². The first-order valence-corrected chi connectivity index (χ1v) is 19.6. The molecule has 302 valence electrons. The maximum Gasteiger partial charge on any atom is 0.469 e. The molecule has 0 unspecified atom stereocenters. The zero-order chi connectivity index (χ0) is 40.2. The Morgan fingerprint density at radius 3 is 2.00 bits per heavy atom. The van der Waals surface area contributed by atoms with Gasteiger partial charge in [0.1, 0.15) is 42.5 Å². The number of rotatable bonds is 20. The summed E-state index contributed by atoms with van der Waals surface area (Å²) in [6, 6.07) is -8.14. The van der Waals surface area contributed by atoms with Crippen molar-refractivity contribution in [3.63, 3.8) is 0 Å². The van der Waals surface area contributed by atoms with Crippen molar-refractivity contribution < 1.29 is 57.5 Å². The molecule has 2 heterocycles. The Kier molecular flexibility index (Phi) is 18.0. The summed E-state index contributed by atoms with van der Waals surface area (Å²) in [5.74, 6) is -5.41. The molecular formula is C33H58N7O12P.